The Hall–Kier alpha value is -0.470. The first kappa shape index (κ1) is 15.5. The summed E-state index contributed by atoms with van der Waals surface area (Å²) in [7, 11) is 0. The minimum Gasteiger partial charge on any atom is -0.468 e. The van der Waals surface area contributed by atoms with Crippen molar-refractivity contribution >= 4 is 12.4 Å². The molecule has 0 amide bonds. The number of rotatable bonds is 4. The molecule has 0 radical (unpaired) electrons. The lowest BCUT2D eigenvalue weighted by Crippen LogP contribution is -2.41. The van der Waals surface area contributed by atoms with Crippen molar-refractivity contribution in [2.24, 2.45) is 5.41 Å². The fourth-order valence-corrected chi connectivity index (χ4v) is 2.13. The summed E-state index contributed by atoms with van der Waals surface area (Å²) in [5.41, 5.74) is 0.491. The van der Waals surface area contributed by atoms with Crippen LogP contribution in [0.4, 0.5) is 0 Å². The van der Waals surface area contributed by atoms with Crippen LogP contribution in [-0.4, -0.2) is 5.54 Å². The molecule has 3 heteroatoms. The maximum absolute atomic E-state index is 5.30. The van der Waals surface area contributed by atoms with Gasteiger partial charge >= 0.3 is 0 Å². The van der Waals surface area contributed by atoms with Gasteiger partial charge in [0.2, 0.25) is 0 Å². The Morgan fingerprint density at radius 3 is 2.25 bits per heavy atom. The number of halogens is 1. The van der Waals surface area contributed by atoms with Gasteiger partial charge in [-0.25, -0.2) is 0 Å². The molecule has 0 saturated heterocycles. The van der Waals surface area contributed by atoms with Crippen LogP contribution in [0.3, 0.4) is 0 Å². The van der Waals surface area contributed by atoms with Gasteiger partial charge in [-0.15, -0.1) is 12.4 Å². The molecule has 0 spiro atoms. The quantitative estimate of drug-likeness (QED) is 0.867. The average molecular weight is 246 g/mol. The lowest BCUT2D eigenvalue weighted by molar-refractivity contribution is 0.235. The minimum atomic E-state index is 0. The average Bonchev–Trinajstić information content (AvgIpc) is 2.47. The van der Waals surface area contributed by atoms with Crippen LogP contribution >= 0.6 is 12.4 Å². The monoisotopic (exact) mass is 245 g/mol. The van der Waals surface area contributed by atoms with Gasteiger partial charge in [0, 0.05) is 5.54 Å². The summed E-state index contributed by atoms with van der Waals surface area (Å²) in [6.45, 7) is 12.1. The second kappa shape index (κ2) is 5.74. The molecule has 1 aromatic rings. The molecule has 1 aromatic heterocycles. The second-order valence-electron chi connectivity index (χ2n) is 6.05. The van der Waals surface area contributed by atoms with Crippen molar-refractivity contribution in [2.45, 2.75) is 53.1 Å². The summed E-state index contributed by atoms with van der Waals surface area (Å²) in [6.07, 6.45) is 2.86. The first-order valence-corrected chi connectivity index (χ1v) is 5.56. The third-order valence-electron chi connectivity index (χ3n) is 2.29. The van der Waals surface area contributed by atoms with Crippen LogP contribution in [0.5, 0.6) is 0 Å². The number of hydrogen-bond acceptors (Lipinski definition) is 2. The van der Waals surface area contributed by atoms with Gasteiger partial charge in [-0.2, -0.15) is 0 Å². The van der Waals surface area contributed by atoms with Crippen molar-refractivity contribution in [2.75, 3.05) is 0 Å². The summed E-state index contributed by atoms with van der Waals surface area (Å²) < 4.78 is 5.30. The van der Waals surface area contributed by atoms with Crippen LogP contribution in [0.25, 0.3) is 0 Å². The van der Waals surface area contributed by atoms with E-state index in [-0.39, 0.29) is 17.9 Å². The van der Waals surface area contributed by atoms with E-state index in [9.17, 15) is 0 Å². The fraction of sp³-hybridized carbons (Fsp3) is 0.692. The minimum absolute atomic E-state index is 0. The van der Waals surface area contributed by atoms with E-state index in [0.29, 0.717) is 5.41 Å². The van der Waals surface area contributed by atoms with Gasteiger partial charge in [-0.05, 0) is 37.8 Å². The topological polar surface area (TPSA) is 25.2 Å². The molecule has 0 atom stereocenters. The van der Waals surface area contributed by atoms with Gasteiger partial charge in [0.15, 0.2) is 0 Å². The molecule has 1 heterocycles. The van der Waals surface area contributed by atoms with Crippen molar-refractivity contribution in [1.82, 2.24) is 5.32 Å². The largest absolute Gasteiger partial charge is 0.468 e. The van der Waals surface area contributed by atoms with Crippen molar-refractivity contribution in [3.8, 4) is 0 Å². The van der Waals surface area contributed by atoms with Crippen LogP contribution in [0.1, 0.15) is 46.8 Å². The Kier molecular flexibility index (Phi) is 5.57. The molecule has 2 nitrogen and oxygen atoms in total. The zero-order chi connectivity index (χ0) is 11.5. The molecule has 0 aliphatic heterocycles. The maximum atomic E-state index is 5.30. The molecule has 0 saturated carbocycles. The van der Waals surface area contributed by atoms with E-state index in [1.165, 1.54) is 0 Å². The fourth-order valence-electron chi connectivity index (χ4n) is 2.13. The van der Waals surface area contributed by atoms with Gasteiger partial charge < -0.3 is 9.73 Å². The van der Waals surface area contributed by atoms with E-state index < -0.39 is 0 Å². The Bertz CT molecular complexity index is 285. The highest BCUT2D eigenvalue weighted by atomic mass is 35.5. The molecule has 0 unspecified atom stereocenters. The highest BCUT2D eigenvalue weighted by Crippen LogP contribution is 2.26. The van der Waals surface area contributed by atoms with E-state index in [1.807, 2.05) is 12.1 Å². The van der Waals surface area contributed by atoms with Crippen LogP contribution < -0.4 is 5.32 Å². The van der Waals surface area contributed by atoms with Gasteiger partial charge in [0.25, 0.3) is 0 Å². The molecule has 0 aromatic carbocycles. The first-order valence-electron chi connectivity index (χ1n) is 5.56. The lowest BCUT2D eigenvalue weighted by Gasteiger charge is -2.33. The molecular weight excluding hydrogens is 222 g/mol. The van der Waals surface area contributed by atoms with E-state index >= 15 is 0 Å². The number of furan rings is 1. The highest BCUT2D eigenvalue weighted by molar-refractivity contribution is 5.85. The Balaban J connectivity index is 0.00000225. The molecule has 16 heavy (non-hydrogen) atoms. The van der Waals surface area contributed by atoms with Gasteiger partial charge in [-0.1, -0.05) is 20.8 Å². The Morgan fingerprint density at radius 1 is 1.19 bits per heavy atom. The van der Waals surface area contributed by atoms with E-state index in [4.69, 9.17) is 4.42 Å². The standard InChI is InChI=1S/C13H23NO.ClH/c1-12(2,3)10-13(4,5)14-9-11-7-6-8-15-11;/h6-8,14H,9-10H2,1-5H3;1H. The van der Waals surface area contributed by atoms with Crippen molar-refractivity contribution in [1.29, 1.82) is 0 Å². The smallest absolute Gasteiger partial charge is 0.117 e. The number of hydrogen-bond donors (Lipinski definition) is 1. The molecule has 94 valence electrons. The van der Waals surface area contributed by atoms with Crippen LogP contribution in [-0.2, 0) is 6.54 Å². The second-order valence-corrected chi connectivity index (χ2v) is 6.05. The van der Waals surface area contributed by atoms with Gasteiger partial charge in [0.05, 0.1) is 12.8 Å². The first-order chi connectivity index (χ1) is 6.79. The summed E-state index contributed by atoms with van der Waals surface area (Å²) in [5.74, 6) is 0.997. The molecule has 0 aliphatic carbocycles. The molecule has 0 bridgehead atoms. The van der Waals surface area contributed by atoms with Crippen LogP contribution in [0.2, 0.25) is 0 Å². The van der Waals surface area contributed by atoms with Crippen molar-refractivity contribution in [3.05, 3.63) is 24.2 Å². The third-order valence-corrected chi connectivity index (χ3v) is 2.29. The maximum Gasteiger partial charge on any atom is 0.117 e. The Morgan fingerprint density at radius 2 is 1.81 bits per heavy atom. The third kappa shape index (κ3) is 6.19. The van der Waals surface area contributed by atoms with Crippen LogP contribution in [0.15, 0.2) is 22.8 Å². The normalized spacial score (nSPS) is 12.3. The van der Waals surface area contributed by atoms with Gasteiger partial charge in [-0.3, -0.25) is 0 Å². The highest BCUT2D eigenvalue weighted by Gasteiger charge is 2.24. The zero-order valence-electron chi connectivity index (χ0n) is 11.0. The molecule has 0 fully saturated rings. The summed E-state index contributed by atoms with van der Waals surface area (Å²) in [4.78, 5) is 0. The zero-order valence-corrected chi connectivity index (χ0v) is 11.8. The van der Waals surface area contributed by atoms with Crippen molar-refractivity contribution in [3.63, 3.8) is 0 Å². The van der Waals surface area contributed by atoms with Crippen LogP contribution in [0, 0.1) is 5.41 Å². The van der Waals surface area contributed by atoms with E-state index in [2.05, 4.69) is 39.9 Å². The predicted molar refractivity (Wildman–Crippen MR) is 70.9 cm³/mol. The van der Waals surface area contributed by atoms with E-state index in [0.717, 1.165) is 18.7 Å². The summed E-state index contributed by atoms with van der Waals surface area (Å²) in [5, 5.41) is 3.52. The molecular formula is C13H24ClNO. The van der Waals surface area contributed by atoms with Crippen molar-refractivity contribution < 1.29 is 4.42 Å². The predicted octanol–water partition coefficient (Wildman–Crippen LogP) is 4.01. The molecule has 1 N–H and O–H groups in total. The molecule has 1 rings (SSSR count). The molecule has 0 aliphatic rings. The number of nitrogens with one attached hydrogen (secondary N) is 1. The summed E-state index contributed by atoms with van der Waals surface area (Å²) >= 11 is 0. The SMILES string of the molecule is CC(C)(C)CC(C)(C)NCc1ccco1.Cl. The lowest BCUT2D eigenvalue weighted by atomic mass is 9.82. The van der Waals surface area contributed by atoms with Gasteiger partial charge in [0.1, 0.15) is 5.76 Å². The Labute approximate surface area is 105 Å². The summed E-state index contributed by atoms with van der Waals surface area (Å²) in [6, 6.07) is 3.92. The van der Waals surface area contributed by atoms with E-state index in [1.54, 1.807) is 6.26 Å².